The third kappa shape index (κ3) is 24.8. The van der Waals surface area contributed by atoms with Gasteiger partial charge in [0.2, 0.25) is 0 Å². The van der Waals surface area contributed by atoms with Crippen LogP contribution in [0.25, 0.3) is 0 Å². The van der Waals surface area contributed by atoms with Crippen molar-refractivity contribution in [2.24, 2.45) is 5.73 Å². The van der Waals surface area contributed by atoms with Crippen molar-refractivity contribution < 1.29 is 0 Å². The van der Waals surface area contributed by atoms with Crippen molar-refractivity contribution in [3.63, 3.8) is 0 Å². The second kappa shape index (κ2) is 13.9. The third-order valence-corrected chi connectivity index (χ3v) is 2.05. The van der Waals surface area contributed by atoms with Gasteiger partial charge in [-0.05, 0) is 41.2 Å². The van der Waals surface area contributed by atoms with Gasteiger partial charge in [-0.25, -0.2) is 0 Å². The number of likely N-dealkylation sites (N-methyl/N-ethyl adjacent to an activating group) is 2. The Morgan fingerprint density at radius 1 is 0.800 bits per heavy atom. The molecule has 0 spiro atoms. The molecule has 0 fully saturated rings. The Morgan fingerprint density at radius 2 is 1.27 bits per heavy atom. The van der Waals surface area contributed by atoms with Crippen molar-refractivity contribution in [1.29, 1.82) is 0 Å². The van der Waals surface area contributed by atoms with E-state index in [1.807, 2.05) is 0 Å². The molecule has 0 aromatic rings. The number of unbranched alkanes of at least 4 members (excludes halogenated alkanes) is 3. The maximum atomic E-state index is 5.27. The molecule has 0 radical (unpaired) electrons. The first kappa shape index (κ1) is 17.3. The van der Waals surface area contributed by atoms with Gasteiger partial charge in [-0.1, -0.05) is 26.2 Å². The van der Waals surface area contributed by atoms with Crippen molar-refractivity contribution in [1.82, 2.24) is 9.80 Å². The molecule has 0 aromatic carbocycles. The average Bonchev–Trinajstić information content (AvgIpc) is 2.17. The van der Waals surface area contributed by atoms with Gasteiger partial charge in [0.05, 0.1) is 0 Å². The maximum absolute atomic E-state index is 5.27. The first-order valence-corrected chi connectivity index (χ1v) is 6.04. The second-order valence-corrected chi connectivity index (χ2v) is 4.46. The SMILES string of the molecule is CCCCCCN.CN(C)CCN(C)C. The Balaban J connectivity index is 0. The topological polar surface area (TPSA) is 32.5 Å². The van der Waals surface area contributed by atoms with Crippen LogP contribution in [0.2, 0.25) is 0 Å². The fourth-order valence-corrected chi connectivity index (χ4v) is 0.971. The van der Waals surface area contributed by atoms with Gasteiger partial charge in [0.1, 0.15) is 0 Å². The van der Waals surface area contributed by atoms with Crippen molar-refractivity contribution in [2.45, 2.75) is 32.6 Å². The number of nitrogens with two attached hydrogens (primary N) is 1. The minimum atomic E-state index is 0.861. The van der Waals surface area contributed by atoms with E-state index in [0.717, 1.165) is 19.6 Å². The molecule has 2 N–H and O–H groups in total. The van der Waals surface area contributed by atoms with Crippen LogP contribution in [0.4, 0.5) is 0 Å². The standard InChI is InChI=1S/C6H16N2.C6H15N/c1-7(2)5-6-8(3)4;1-2-3-4-5-6-7/h5-6H2,1-4H3;2-7H2,1H3. The number of hydrogen-bond acceptors (Lipinski definition) is 3. The molecular weight excluding hydrogens is 186 g/mol. The molecule has 3 nitrogen and oxygen atoms in total. The summed E-state index contributed by atoms with van der Waals surface area (Å²) in [6, 6.07) is 0. The first-order chi connectivity index (χ1) is 7.04. The van der Waals surface area contributed by atoms with Gasteiger partial charge in [-0.2, -0.15) is 0 Å². The maximum Gasteiger partial charge on any atom is 0.0103 e. The second-order valence-electron chi connectivity index (χ2n) is 4.46. The van der Waals surface area contributed by atoms with E-state index in [0.29, 0.717) is 0 Å². The van der Waals surface area contributed by atoms with E-state index in [1.54, 1.807) is 0 Å². The fourth-order valence-electron chi connectivity index (χ4n) is 0.971. The van der Waals surface area contributed by atoms with E-state index < -0.39 is 0 Å². The Hall–Kier alpha value is -0.120. The summed E-state index contributed by atoms with van der Waals surface area (Å²) in [6.45, 7) is 5.36. The summed E-state index contributed by atoms with van der Waals surface area (Å²) in [7, 11) is 8.35. The lowest BCUT2D eigenvalue weighted by Crippen LogP contribution is -2.25. The minimum absolute atomic E-state index is 0.861. The van der Waals surface area contributed by atoms with Crippen LogP contribution < -0.4 is 5.73 Å². The quantitative estimate of drug-likeness (QED) is 0.658. The summed E-state index contributed by atoms with van der Waals surface area (Å²) in [4.78, 5) is 4.36. The number of rotatable bonds is 7. The van der Waals surface area contributed by atoms with Crippen LogP contribution in [0.15, 0.2) is 0 Å². The first-order valence-electron chi connectivity index (χ1n) is 6.04. The fraction of sp³-hybridized carbons (Fsp3) is 1.00. The molecule has 94 valence electrons. The van der Waals surface area contributed by atoms with E-state index in [4.69, 9.17) is 5.73 Å². The molecule has 0 saturated carbocycles. The van der Waals surface area contributed by atoms with Crippen LogP contribution in [0, 0.1) is 0 Å². The Morgan fingerprint density at radius 3 is 1.53 bits per heavy atom. The molecule has 15 heavy (non-hydrogen) atoms. The van der Waals surface area contributed by atoms with Crippen LogP contribution in [0.5, 0.6) is 0 Å². The molecule has 0 atom stereocenters. The van der Waals surface area contributed by atoms with Gasteiger partial charge in [0, 0.05) is 13.1 Å². The normalized spacial score (nSPS) is 10.4. The molecule has 0 amide bonds. The van der Waals surface area contributed by atoms with E-state index in [2.05, 4.69) is 44.9 Å². The molecular formula is C12H31N3. The molecule has 0 aliphatic heterocycles. The summed E-state index contributed by atoms with van der Waals surface area (Å²) in [5, 5.41) is 0. The predicted molar refractivity (Wildman–Crippen MR) is 70.3 cm³/mol. The predicted octanol–water partition coefficient (Wildman–Crippen LogP) is 1.64. The van der Waals surface area contributed by atoms with Crippen LogP contribution in [-0.2, 0) is 0 Å². The van der Waals surface area contributed by atoms with Gasteiger partial charge >= 0.3 is 0 Å². The summed E-state index contributed by atoms with van der Waals surface area (Å²) >= 11 is 0. The van der Waals surface area contributed by atoms with E-state index in [9.17, 15) is 0 Å². The van der Waals surface area contributed by atoms with E-state index >= 15 is 0 Å². The van der Waals surface area contributed by atoms with Crippen LogP contribution in [-0.4, -0.2) is 57.6 Å². The van der Waals surface area contributed by atoms with E-state index in [-0.39, 0.29) is 0 Å². The zero-order valence-corrected chi connectivity index (χ0v) is 11.4. The summed E-state index contributed by atoms with van der Waals surface area (Å²) < 4.78 is 0. The highest BCUT2D eigenvalue weighted by molar-refractivity contribution is 4.46. The molecule has 0 rings (SSSR count). The zero-order chi connectivity index (χ0) is 12.1. The van der Waals surface area contributed by atoms with Crippen molar-refractivity contribution in [3.8, 4) is 0 Å². The largest absolute Gasteiger partial charge is 0.330 e. The number of nitrogens with zero attached hydrogens (tertiary/aromatic N) is 2. The zero-order valence-electron chi connectivity index (χ0n) is 11.4. The molecule has 0 saturated heterocycles. The molecule has 0 bridgehead atoms. The average molecular weight is 217 g/mol. The Labute approximate surface area is 96.6 Å². The molecule has 0 aromatic heterocycles. The van der Waals surface area contributed by atoms with Crippen molar-refractivity contribution >= 4 is 0 Å². The summed E-state index contributed by atoms with van der Waals surface area (Å²) in [5.74, 6) is 0. The van der Waals surface area contributed by atoms with Crippen LogP contribution in [0.1, 0.15) is 32.6 Å². The van der Waals surface area contributed by atoms with Crippen molar-refractivity contribution in [2.75, 3.05) is 47.8 Å². The van der Waals surface area contributed by atoms with Crippen LogP contribution >= 0.6 is 0 Å². The lowest BCUT2D eigenvalue weighted by molar-refractivity contribution is 0.320. The molecule has 0 aliphatic rings. The Kier molecular flexibility index (Phi) is 16.0. The smallest absolute Gasteiger partial charge is 0.0103 e. The van der Waals surface area contributed by atoms with Gasteiger partial charge in [0.15, 0.2) is 0 Å². The van der Waals surface area contributed by atoms with Gasteiger partial charge in [-0.3, -0.25) is 0 Å². The lowest BCUT2D eigenvalue weighted by atomic mass is 10.2. The van der Waals surface area contributed by atoms with E-state index in [1.165, 1.54) is 25.7 Å². The Bertz CT molecular complexity index is 91.0. The summed E-state index contributed by atoms with van der Waals surface area (Å²) in [5.41, 5.74) is 5.27. The molecule has 3 heteroatoms. The van der Waals surface area contributed by atoms with Gasteiger partial charge in [-0.15, -0.1) is 0 Å². The highest BCUT2D eigenvalue weighted by atomic mass is 15.1. The minimum Gasteiger partial charge on any atom is -0.330 e. The molecule has 0 heterocycles. The lowest BCUT2D eigenvalue weighted by Gasteiger charge is -2.13. The van der Waals surface area contributed by atoms with Crippen LogP contribution in [0.3, 0.4) is 0 Å². The number of hydrogen-bond donors (Lipinski definition) is 1. The molecule has 0 aliphatic carbocycles. The highest BCUT2D eigenvalue weighted by Crippen LogP contribution is 1.95. The highest BCUT2D eigenvalue weighted by Gasteiger charge is 1.89. The third-order valence-electron chi connectivity index (χ3n) is 2.05. The monoisotopic (exact) mass is 217 g/mol. The summed E-state index contributed by atoms with van der Waals surface area (Å²) in [6.07, 6.45) is 5.16. The van der Waals surface area contributed by atoms with Gasteiger partial charge in [0.25, 0.3) is 0 Å². The van der Waals surface area contributed by atoms with Gasteiger partial charge < -0.3 is 15.5 Å². The van der Waals surface area contributed by atoms with Crippen molar-refractivity contribution in [3.05, 3.63) is 0 Å². The molecule has 0 unspecified atom stereocenters.